The maximum absolute atomic E-state index is 6.26. The third-order valence-electron chi connectivity index (χ3n) is 13.3. The molecular weight excluding hydrogens is 781 g/mol. The molecule has 0 fully saturated rings. The van der Waals surface area contributed by atoms with Crippen LogP contribution in [-0.4, -0.2) is 18.7 Å². The van der Waals surface area contributed by atoms with Gasteiger partial charge in [-0.1, -0.05) is 121 Å². The van der Waals surface area contributed by atoms with Gasteiger partial charge in [0.05, 0.1) is 33.1 Å². The van der Waals surface area contributed by atoms with Gasteiger partial charge in [-0.25, -0.2) is 0 Å². The summed E-state index contributed by atoms with van der Waals surface area (Å²) in [6, 6.07) is 76.9. The molecule has 0 unspecified atom stereocenters. The Morgan fingerprint density at radius 1 is 0.328 bits per heavy atom. The van der Waals surface area contributed by atoms with E-state index in [1.807, 2.05) is 18.3 Å². The molecule has 0 spiro atoms. The first-order chi connectivity index (χ1) is 31.8. The molecule has 14 rings (SSSR count). The number of para-hydroxylation sites is 4. The van der Waals surface area contributed by atoms with Crippen molar-refractivity contribution in [2.45, 2.75) is 0 Å². The smallest absolute Gasteiger partial charge is 0.153 e. The van der Waals surface area contributed by atoms with E-state index in [9.17, 15) is 0 Å². The summed E-state index contributed by atoms with van der Waals surface area (Å²) >= 11 is 0. The van der Waals surface area contributed by atoms with Crippen molar-refractivity contribution in [2.75, 3.05) is 0 Å². The lowest BCUT2D eigenvalue weighted by Gasteiger charge is -2.17. The Morgan fingerprint density at radius 2 is 0.891 bits per heavy atom. The summed E-state index contributed by atoms with van der Waals surface area (Å²) in [5.74, 6) is 0. The van der Waals surface area contributed by atoms with Gasteiger partial charge in [-0.2, -0.15) is 0 Å². The minimum absolute atomic E-state index is 0.787. The van der Waals surface area contributed by atoms with E-state index in [0.29, 0.717) is 0 Å². The number of rotatable bonds is 5. The van der Waals surface area contributed by atoms with E-state index in [1.165, 1.54) is 65.6 Å². The topological polar surface area (TPSA) is 40.8 Å². The molecule has 0 bridgehead atoms. The zero-order valence-corrected chi connectivity index (χ0v) is 34.5. The average molecular weight is 817 g/mol. The molecule has 9 aromatic carbocycles. The molecule has 0 radical (unpaired) electrons. The van der Waals surface area contributed by atoms with Gasteiger partial charge in [0.2, 0.25) is 0 Å². The highest BCUT2D eigenvalue weighted by Gasteiger charge is 2.23. The monoisotopic (exact) mass is 816 g/mol. The summed E-state index contributed by atoms with van der Waals surface area (Å²) in [4.78, 5) is 4.75. The van der Waals surface area contributed by atoms with Crippen molar-refractivity contribution in [3.63, 3.8) is 0 Å². The second-order valence-corrected chi connectivity index (χ2v) is 16.7. The zero-order chi connectivity index (χ0) is 41.9. The van der Waals surface area contributed by atoms with Gasteiger partial charge in [0.1, 0.15) is 11.1 Å². The summed E-state index contributed by atoms with van der Waals surface area (Å²) in [6.45, 7) is 0. The molecular formula is C59H36N4O. The molecule has 0 aliphatic rings. The lowest BCUT2D eigenvalue weighted by molar-refractivity contribution is 0.668. The van der Waals surface area contributed by atoms with Gasteiger partial charge in [0.15, 0.2) is 5.58 Å². The van der Waals surface area contributed by atoms with E-state index in [2.05, 4.69) is 214 Å². The first-order valence-electron chi connectivity index (χ1n) is 21.8. The molecule has 5 heterocycles. The minimum Gasteiger partial charge on any atom is -0.454 e. The number of benzene rings is 9. The van der Waals surface area contributed by atoms with Crippen LogP contribution in [0.1, 0.15) is 0 Å². The SMILES string of the molecule is c1ccc(-c2ccc3c4ccccc4n(-c4ccc5oc6cccnc6c5c4)c3c2-c2ccc3c(c2)c2ccccc2n3-c2ccc3c(c2)c2ccccc2n3-c2ccccc2)cc1. The molecule has 0 amide bonds. The normalized spacial score (nSPS) is 12.1. The standard InChI is InChI=1S/C59H36N4O/c1-3-14-37(15-4-1)42-28-29-46-43-18-7-12-23-52(43)63(41-27-32-55-49(36-41)58-56(64-55)24-13-33-60-58)59(46)57(42)38-25-30-53-47(34-38)44-19-8-11-22-51(44)62(53)40-26-31-54-48(35-40)45-20-9-10-21-50(45)61(54)39-16-5-2-6-17-39/h1-36H. The minimum atomic E-state index is 0.787. The van der Waals surface area contributed by atoms with Gasteiger partial charge < -0.3 is 18.1 Å². The Balaban J connectivity index is 1.04. The highest BCUT2D eigenvalue weighted by molar-refractivity contribution is 6.19. The van der Waals surface area contributed by atoms with Crippen molar-refractivity contribution in [3.8, 4) is 39.3 Å². The fraction of sp³-hybridized carbons (Fsp3) is 0. The molecule has 298 valence electrons. The third kappa shape index (κ3) is 4.98. The number of nitrogens with zero attached hydrogens (tertiary/aromatic N) is 4. The van der Waals surface area contributed by atoms with Crippen molar-refractivity contribution in [1.82, 2.24) is 18.7 Å². The Morgan fingerprint density at radius 3 is 1.64 bits per heavy atom. The van der Waals surface area contributed by atoms with E-state index in [1.54, 1.807) is 0 Å². The second-order valence-electron chi connectivity index (χ2n) is 16.7. The van der Waals surface area contributed by atoms with Gasteiger partial charge in [0, 0.05) is 66.5 Å². The molecule has 64 heavy (non-hydrogen) atoms. The lowest BCUT2D eigenvalue weighted by Crippen LogP contribution is -1.97. The Bertz CT molecular complexity index is 4190. The highest BCUT2D eigenvalue weighted by atomic mass is 16.3. The number of furan rings is 1. The van der Waals surface area contributed by atoms with Crippen LogP contribution >= 0.6 is 0 Å². The molecule has 0 aliphatic carbocycles. The van der Waals surface area contributed by atoms with Crippen molar-refractivity contribution >= 4 is 87.5 Å². The molecule has 5 nitrogen and oxygen atoms in total. The predicted octanol–water partition coefficient (Wildman–Crippen LogP) is 15.6. The Labute approximate surface area is 366 Å². The van der Waals surface area contributed by atoms with E-state index in [0.717, 1.165) is 61.2 Å². The van der Waals surface area contributed by atoms with E-state index < -0.39 is 0 Å². The molecule has 5 heteroatoms. The molecule has 0 N–H and O–H groups in total. The van der Waals surface area contributed by atoms with Crippen LogP contribution in [0.4, 0.5) is 0 Å². The molecule has 0 saturated heterocycles. The fourth-order valence-corrected chi connectivity index (χ4v) is 10.6. The fourth-order valence-electron chi connectivity index (χ4n) is 10.6. The van der Waals surface area contributed by atoms with Crippen LogP contribution < -0.4 is 0 Å². The summed E-state index contributed by atoms with van der Waals surface area (Å²) in [6.07, 6.45) is 1.84. The van der Waals surface area contributed by atoms with Gasteiger partial charge in [0.25, 0.3) is 0 Å². The van der Waals surface area contributed by atoms with Crippen LogP contribution in [0, 0.1) is 0 Å². The summed E-state index contributed by atoms with van der Waals surface area (Å²) in [5, 5.41) is 8.28. The summed E-state index contributed by atoms with van der Waals surface area (Å²) in [7, 11) is 0. The highest BCUT2D eigenvalue weighted by Crippen LogP contribution is 2.46. The number of aromatic nitrogens is 4. The third-order valence-corrected chi connectivity index (χ3v) is 13.3. The lowest BCUT2D eigenvalue weighted by atomic mass is 9.91. The average Bonchev–Trinajstić information content (AvgIpc) is 4.10. The van der Waals surface area contributed by atoms with E-state index in [-0.39, 0.29) is 0 Å². The molecule has 5 aromatic heterocycles. The van der Waals surface area contributed by atoms with Crippen molar-refractivity contribution in [3.05, 3.63) is 219 Å². The quantitative estimate of drug-likeness (QED) is 0.174. The van der Waals surface area contributed by atoms with Gasteiger partial charge in [-0.05, 0) is 108 Å². The summed E-state index contributed by atoms with van der Waals surface area (Å²) < 4.78 is 13.5. The van der Waals surface area contributed by atoms with Crippen LogP contribution in [-0.2, 0) is 0 Å². The molecule has 0 aliphatic heterocycles. The largest absolute Gasteiger partial charge is 0.454 e. The van der Waals surface area contributed by atoms with Crippen molar-refractivity contribution in [2.24, 2.45) is 0 Å². The van der Waals surface area contributed by atoms with Crippen LogP contribution in [0.15, 0.2) is 223 Å². The Kier molecular flexibility index (Phi) is 7.33. The molecule has 14 aromatic rings. The number of hydrogen-bond acceptors (Lipinski definition) is 2. The van der Waals surface area contributed by atoms with E-state index in [4.69, 9.17) is 9.40 Å². The van der Waals surface area contributed by atoms with Gasteiger partial charge in [-0.3, -0.25) is 4.98 Å². The predicted molar refractivity (Wildman–Crippen MR) is 265 cm³/mol. The second kappa shape index (κ2) is 13.4. The number of pyridine rings is 1. The van der Waals surface area contributed by atoms with Crippen LogP contribution in [0.3, 0.4) is 0 Å². The Hall–Kier alpha value is -8.67. The first kappa shape index (κ1) is 35.0. The molecule has 0 atom stereocenters. The van der Waals surface area contributed by atoms with Crippen LogP contribution in [0.5, 0.6) is 0 Å². The maximum atomic E-state index is 6.26. The van der Waals surface area contributed by atoms with Crippen LogP contribution in [0.25, 0.3) is 127 Å². The van der Waals surface area contributed by atoms with Gasteiger partial charge >= 0.3 is 0 Å². The summed E-state index contributed by atoms with van der Waals surface area (Å²) in [5.41, 5.74) is 17.5. The number of hydrogen-bond donors (Lipinski definition) is 0. The molecule has 0 saturated carbocycles. The van der Waals surface area contributed by atoms with Gasteiger partial charge in [-0.15, -0.1) is 0 Å². The van der Waals surface area contributed by atoms with Crippen molar-refractivity contribution in [1.29, 1.82) is 0 Å². The van der Waals surface area contributed by atoms with E-state index >= 15 is 0 Å². The van der Waals surface area contributed by atoms with Crippen molar-refractivity contribution < 1.29 is 4.42 Å². The maximum Gasteiger partial charge on any atom is 0.153 e. The van der Waals surface area contributed by atoms with Crippen LogP contribution in [0.2, 0.25) is 0 Å². The first-order valence-corrected chi connectivity index (χ1v) is 21.8. The zero-order valence-electron chi connectivity index (χ0n) is 34.5. The number of fused-ring (bicyclic) bond motifs is 12.